The summed E-state index contributed by atoms with van der Waals surface area (Å²) in [7, 11) is 0. The van der Waals surface area contributed by atoms with Gasteiger partial charge in [-0.15, -0.1) is 0 Å². The summed E-state index contributed by atoms with van der Waals surface area (Å²) in [4.78, 5) is 39.0. The molecule has 0 aliphatic carbocycles. The van der Waals surface area contributed by atoms with Crippen molar-refractivity contribution >= 4 is 17.8 Å². The highest BCUT2D eigenvalue weighted by atomic mass is 19.4. The van der Waals surface area contributed by atoms with Gasteiger partial charge in [-0.1, -0.05) is 36.4 Å². The Morgan fingerprint density at radius 1 is 1.14 bits per heavy atom. The number of amides is 2. The van der Waals surface area contributed by atoms with Crippen LogP contribution in [0.15, 0.2) is 54.6 Å². The minimum Gasteiger partial charge on any atom is -0.479 e. The van der Waals surface area contributed by atoms with Gasteiger partial charge in [-0.2, -0.15) is 18.3 Å². The van der Waals surface area contributed by atoms with E-state index in [0.717, 1.165) is 12.1 Å². The predicted octanol–water partition coefficient (Wildman–Crippen LogP) is 3.59. The molecule has 2 N–H and O–H groups in total. The molecule has 0 bridgehead atoms. The van der Waals surface area contributed by atoms with Crippen LogP contribution in [0, 0.1) is 13.8 Å². The molecule has 4 rings (SSSR count). The minimum absolute atomic E-state index is 0.137. The Labute approximate surface area is 210 Å². The number of carboxylic acids is 1. The second-order valence-corrected chi connectivity index (χ2v) is 8.88. The lowest BCUT2D eigenvalue weighted by Crippen LogP contribution is -2.44. The third-order valence-corrected chi connectivity index (χ3v) is 6.43. The number of rotatable bonds is 7. The predicted molar refractivity (Wildman–Crippen MR) is 127 cm³/mol. The van der Waals surface area contributed by atoms with Gasteiger partial charge < -0.3 is 15.3 Å². The second kappa shape index (κ2) is 10.1. The van der Waals surface area contributed by atoms with Crippen LogP contribution < -0.4 is 5.32 Å². The first-order valence-electron chi connectivity index (χ1n) is 11.6. The fourth-order valence-electron chi connectivity index (χ4n) is 4.59. The summed E-state index contributed by atoms with van der Waals surface area (Å²) in [5, 5.41) is 16.7. The number of alkyl halides is 3. The molecule has 0 saturated carbocycles. The number of benzene rings is 2. The van der Waals surface area contributed by atoms with Crippen molar-refractivity contribution in [3.05, 3.63) is 82.7 Å². The lowest BCUT2D eigenvalue weighted by molar-refractivity contribution is -0.149. The zero-order valence-corrected chi connectivity index (χ0v) is 20.1. The number of aryl methyl sites for hydroxylation is 1. The van der Waals surface area contributed by atoms with Crippen LogP contribution in [0.25, 0.3) is 5.69 Å². The summed E-state index contributed by atoms with van der Waals surface area (Å²) in [6.45, 7) is 3.48. The molecule has 8 nitrogen and oxygen atoms in total. The van der Waals surface area contributed by atoms with Gasteiger partial charge in [0.15, 0.2) is 6.04 Å². The van der Waals surface area contributed by atoms with Gasteiger partial charge in [0.25, 0.3) is 0 Å². The zero-order chi connectivity index (χ0) is 26.9. The van der Waals surface area contributed by atoms with Crippen molar-refractivity contribution in [3.8, 4) is 5.69 Å². The molecule has 2 aromatic carbocycles. The van der Waals surface area contributed by atoms with Gasteiger partial charge >= 0.3 is 12.1 Å². The van der Waals surface area contributed by atoms with Crippen LogP contribution in [0.3, 0.4) is 0 Å². The summed E-state index contributed by atoms with van der Waals surface area (Å²) < 4.78 is 40.8. The number of carbonyl (C=O) groups excluding carboxylic acids is 2. The van der Waals surface area contributed by atoms with Crippen molar-refractivity contribution < 1.29 is 32.7 Å². The van der Waals surface area contributed by atoms with E-state index >= 15 is 0 Å². The Morgan fingerprint density at radius 2 is 1.84 bits per heavy atom. The van der Waals surface area contributed by atoms with Crippen LogP contribution in [0.2, 0.25) is 0 Å². The number of aromatic nitrogens is 2. The van der Waals surface area contributed by atoms with Crippen LogP contribution in [0.4, 0.5) is 13.2 Å². The van der Waals surface area contributed by atoms with Gasteiger partial charge in [0.05, 0.1) is 23.4 Å². The fraction of sp³-hybridized carbons (Fsp3) is 0.308. The number of nitrogens with zero attached hydrogens (tertiary/aromatic N) is 3. The number of carbonyl (C=O) groups is 3. The maximum absolute atomic E-state index is 13.1. The minimum atomic E-state index is -4.50. The molecule has 2 atom stereocenters. The zero-order valence-electron chi connectivity index (χ0n) is 20.1. The third-order valence-electron chi connectivity index (χ3n) is 6.43. The molecule has 194 valence electrons. The van der Waals surface area contributed by atoms with E-state index in [1.807, 2.05) is 0 Å². The Kier molecular flexibility index (Phi) is 7.06. The lowest BCUT2D eigenvalue weighted by atomic mass is 10.1. The summed E-state index contributed by atoms with van der Waals surface area (Å²) in [6.07, 6.45) is -4.39. The van der Waals surface area contributed by atoms with E-state index in [9.17, 15) is 32.7 Å². The first-order valence-corrected chi connectivity index (χ1v) is 11.6. The molecule has 1 aromatic heterocycles. The van der Waals surface area contributed by atoms with Crippen LogP contribution in [-0.4, -0.2) is 50.2 Å². The number of likely N-dealkylation sites (tertiary alicyclic amines) is 1. The number of halogens is 3. The maximum atomic E-state index is 13.1. The van der Waals surface area contributed by atoms with Crippen LogP contribution in [-0.2, 0) is 27.0 Å². The molecular formula is C26H25F3N4O4. The van der Waals surface area contributed by atoms with Crippen molar-refractivity contribution in [1.82, 2.24) is 20.0 Å². The molecule has 0 radical (unpaired) electrons. The molecule has 1 aliphatic rings. The number of carboxylic acid groups (broad SMARTS) is 1. The molecule has 1 saturated heterocycles. The van der Waals surface area contributed by atoms with E-state index in [2.05, 4.69) is 10.4 Å². The summed E-state index contributed by atoms with van der Waals surface area (Å²) in [5.74, 6) is -2.13. The molecule has 2 unspecified atom stereocenters. The first-order chi connectivity index (χ1) is 17.5. The molecule has 37 heavy (non-hydrogen) atoms. The number of hydrogen-bond acceptors (Lipinski definition) is 4. The van der Waals surface area contributed by atoms with E-state index in [4.69, 9.17) is 0 Å². The van der Waals surface area contributed by atoms with Crippen LogP contribution in [0.5, 0.6) is 0 Å². The molecule has 1 aliphatic heterocycles. The average Bonchev–Trinajstić information content (AvgIpc) is 3.33. The van der Waals surface area contributed by atoms with Crippen molar-refractivity contribution in [2.24, 2.45) is 0 Å². The highest BCUT2D eigenvalue weighted by molar-refractivity contribution is 5.92. The Morgan fingerprint density at radius 3 is 2.49 bits per heavy atom. The topological polar surface area (TPSA) is 105 Å². The highest BCUT2D eigenvalue weighted by Gasteiger charge is 2.40. The van der Waals surface area contributed by atoms with Crippen molar-refractivity contribution in [1.29, 1.82) is 0 Å². The molecule has 1 fully saturated rings. The van der Waals surface area contributed by atoms with E-state index in [0.29, 0.717) is 22.5 Å². The molecule has 2 heterocycles. The molecule has 2 amide bonds. The van der Waals surface area contributed by atoms with E-state index < -0.39 is 41.6 Å². The fourth-order valence-corrected chi connectivity index (χ4v) is 4.59. The summed E-state index contributed by atoms with van der Waals surface area (Å²) in [5.41, 5.74) is 1.37. The Balaban J connectivity index is 1.47. The number of hydrogen-bond donors (Lipinski definition) is 2. The molecule has 11 heteroatoms. The van der Waals surface area contributed by atoms with Gasteiger partial charge in [-0.25, -0.2) is 9.48 Å². The van der Waals surface area contributed by atoms with Gasteiger partial charge in [-0.3, -0.25) is 9.59 Å². The van der Waals surface area contributed by atoms with E-state index in [1.54, 1.807) is 44.2 Å². The maximum Gasteiger partial charge on any atom is 0.416 e. The van der Waals surface area contributed by atoms with Gasteiger partial charge in [-0.05, 0) is 44.0 Å². The quantitative estimate of drug-likeness (QED) is 0.502. The average molecular weight is 515 g/mol. The number of aliphatic carboxylic acids is 1. The molecular weight excluding hydrogens is 489 g/mol. The lowest BCUT2D eigenvalue weighted by Gasteiger charge is -2.25. The monoisotopic (exact) mass is 514 g/mol. The Bertz CT molecular complexity index is 1340. The van der Waals surface area contributed by atoms with Crippen LogP contribution >= 0.6 is 0 Å². The summed E-state index contributed by atoms with van der Waals surface area (Å²) in [6, 6.07) is 11.1. The second-order valence-electron chi connectivity index (χ2n) is 8.88. The van der Waals surface area contributed by atoms with Crippen LogP contribution in [0.1, 0.15) is 40.5 Å². The van der Waals surface area contributed by atoms with E-state index in [-0.39, 0.29) is 25.1 Å². The smallest absolute Gasteiger partial charge is 0.416 e. The molecule has 0 spiro atoms. The van der Waals surface area contributed by atoms with E-state index in [1.165, 1.54) is 21.7 Å². The van der Waals surface area contributed by atoms with Gasteiger partial charge in [0.1, 0.15) is 6.04 Å². The first kappa shape index (κ1) is 25.9. The summed E-state index contributed by atoms with van der Waals surface area (Å²) >= 11 is 0. The van der Waals surface area contributed by atoms with Crippen molar-refractivity contribution in [2.75, 3.05) is 6.54 Å². The Hall–Kier alpha value is -4.15. The normalized spacial score (nSPS) is 16.6. The third kappa shape index (κ3) is 5.35. The number of nitrogens with one attached hydrogen (secondary N) is 1. The van der Waals surface area contributed by atoms with Gasteiger partial charge in [0, 0.05) is 17.8 Å². The van der Waals surface area contributed by atoms with Crippen molar-refractivity contribution in [3.63, 3.8) is 0 Å². The largest absolute Gasteiger partial charge is 0.479 e. The highest BCUT2D eigenvalue weighted by Crippen LogP contribution is 2.31. The standard InChI is InChI=1S/C26H25F3N4O4/c1-15-20(16(2)33(31-15)19-10-6-9-18(13-19)26(27,28)29)14-22(34)30-21-11-12-32(24(21)35)23(25(36)37)17-7-4-3-5-8-17/h3-10,13,21,23H,11-12,14H2,1-2H3,(H,30,34)(H,36,37). The SMILES string of the molecule is Cc1nn(-c2cccc(C(F)(F)F)c2)c(C)c1CC(=O)NC1CCN(C(C(=O)O)c2ccccc2)C1=O. The van der Waals surface area contributed by atoms with Gasteiger partial charge in [0.2, 0.25) is 11.8 Å². The molecule has 3 aromatic rings. The van der Waals surface area contributed by atoms with Crippen molar-refractivity contribution in [2.45, 2.75) is 44.9 Å².